The average Bonchev–Trinajstić information content (AvgIpc) is 2.46. The maximum absolute atomic E-state index is 11.5. The Bertz CT molecular complexity index is 576. The number of benzene rings is 1. The lowest BCUT2D eigenvalue weighted by atomic mass is 10.2. The number of amides is 1. The topological polar surface area (TPSA) is 47.9 Å². The van der Waals surface area contributed by atoms with E-state index in [2.05, 4.69) is 10.3 Å². The predicted octanol–water partition coefficient (Wildman–Crippen LogP) is 3.59. The molecule has 0 saturated carbocycles. The maximum atomic E-state index is 11.5. The fraction of sp³-hybridized carbons (Fsp3) is 0.400. The lowest BCUT2D eigenvalue weighted by Gasteiger charge is -2.18. The summed E-state index contributed by atoms with van der Waals surface area (Å²) in [6.07, 6.45) is 0.448. The lowest BCUT2D eigenvalue weighted by Crippen LogP contribution is -2.24. The lowest BCUT2D eigenvalue weighted by molar-refractivity contribution is -0.115. The molecule has 23 heavy (non-hydrogen) atoms. The normalized spacial score (nSPS) is 10.6. The predicted molar refractivity (Wildman–Crippen MR) is 107 cm³/mol. The molecule has 0 bridgehead atoms. The number of amidine groups is 1. The molecule has 0 aliphatic carbocycles. The third kappa shape index (κ3) is 7.67. The van der Waals surface area contributed by atoms with Crippen molar-refractivity contribution in [3.05, 3.63) is 24.3 Å². The van der Waals surface area contributed by atoms with Gasteiger partial charge in [0.05, 0.1) is 5.69 Å². The second kappa shape index (κ2) is 10.5. The second-order valence-electron chi connectivity index (χ2n) is 5.00. The summed E-state index contributed by atoms with van der Waals surface area (Å²) in [5, 5.41) is 3.62. The summed E-state index contributed by atoms with van der Waals surface area (Å²) in [7, 11) is 7.66. The summed E-state index contributed by atoms with van der Waals surface area (Å²) < 4.78 is 0.739. The number of aliphatic imine (C=N–C) groups is 1. The summed E-state index contributed by atoms with van der Waals surface area (Å²) >= 11 is 6.74. The van der Waals surface area contributed by atoms with E-state index in [1.165, 1.54) is 11.8 Å². The molecular weight excluding hydrogens is 352 g/mol. The molecule has 0 aliphatic rings. The minimum atomic E-state index is -0.0166. The number of hydrogen-bond donors (Lipinski definition) is 1. The quantitative estimate of drug-likeness (QED) is 0.497. The number of halogens is 1. The van der Waals surface area contributed by atoms with Crippen molar-refractivity contribution in [1.29, 1.82) is 0 Å². The van der Waals surface area contributed by atoms with Crippen LogP contribution in [-0.4, -0.2) is 53.4 Å². The summed E-state index contributed by atoms with van der Waals surface area (Å²) in [6, 6.07) is 7.45. The van der Waals surface area contributed by atoms with Crippen molar-refractivity contribution in [2.24, 2.45) is 4.99 Å². The Labute approximate surface area is 153 Å². The second-order valence-corrected chi connectivity index (χ2v) is 6.60. The first-order chi connectivity index (χ1) is 10.3. The monoisotopic (exact) mass is 374 g/mol. The fourth-order valence-electron chi connectivity index (χ4n) is 1.40. The van der Waals surface area contributed by atoms with Gasteiger partial charge in [-0.1, -0.05) is 25.2 Å². The number of anilines is 1. The highest BCUT2D eigenvalue weighted by atomic mass is 35.5. The van der Waals surface area contributed by atoms with Crippen LogP contribution in [0.1, 0.15) is 13.3 Å². The molecule has 0 aliphatic heterocycles. The molecule has 0 spiro atoms. The molecule has 1 rings (SSSR count). The van der Waals surface area contributed by atoms with Crippen LogP contribution in [0.5, 0.6) is 0 Å². The van der Waals surface area contributed by atoms with E-state index in [9.17, 15) is 4.79 Å². The highest BCUT2D eigenvalue weighted by Crippen LogP contribution is 2.22. The van der Waals surface area contributed by atoms with Gasteiger partial charge in [-0.25, -0.2) is 4.99 Å². The van der Waals surface area contributed by atoms with Gasteiger partial charge in [-0.2, -0.15) is 0 Å². The van der Waals surface area contributed by atoms with Crippen LogP contribution in [-0.2, 0) is 4.79 Å². The van der Waals surface area contributed by atoms with Crippen molar-refractivity contribution >= 4 is 63.2 Å². The van der Waals surface area contributed by atoms with Crippen molar-refractivity contribution in [1.82, 2.24) is 9.80 Å². The van der Waals surface area contributed by atoms with Gasteiger partial charge >= 0.3 is 0 Å². The third-order valence-electron chi connectivity index (χ3n) is 2.60. The number of hydrogen-bond acceptors (Lipinski definition) is 4. The molecule has 5 nitrogen and oxygen atoms in total. The first-order valence-electron chi connectivity index (χ1n) is 6.88. The van der Waals surface area contributed by atoms with Crippen LogP contribution >= 0.6 is 36.4 Å². The van der Waals surface area contributed by atoms with E-state index in [0.29, 0.717) is 6.42 Å². The molecule has 0 unspecified atom stereocenters. The number of thioether (sulfide) groups is 1. The van der Waals surface area contributed by atoms with Gasteiger partial charge in [0.25, 0.3) is 0 Å². The summed E-state index contributed by atoms with van der Waals surface area (Å²) in [4.78, 5) is 19.9. The van der Waals surface area contributed by atoms with Gasteiger partial charge in [0, 0.05) is 40.3 Å². The molecule has 0 saturated heterocycles. The van der Waals surface area contributed by atoms with Gasteiger partial charge in [-0.05, 0) is 30.0 Å². The number of nitrogens with one attached hydrogen (secondary N) is 1. The zero-order chi connectivity index (χ0) is 16.7. The van der Waals surface area contributed by atoms with Gasteiger partial charge in [-0.3, -0.25) is 4.79 Å². The van der Waals surface area contributed by atoms with Gasteiger partial charge in [0.15, 0.2) is 5.17 Å². The smallest absolute Gasteiger partial charge is 0.224 e. The largest absolute Gasteiger partial charge is 0.363 e. The number of rotatable bonds is 3. The fourth-order valence-corrected chi connectivity index (χ4v) is 2.29. The Morgan fingerprint density at radius 2 is 1.91 bits per heavy atom. The Morgan fingerprint density at radius 1 is 1.26 bits per heavy atom. The van der Waals surface area contributed by atoms with Crippen LogP contribution in [0, 0.1) is 0 Å². The summed E-state index contributed by atoms with van der Waals surface area (Å²) in [6.45, 7) is 1.82. The van der Waals surface area contributed by atoms with Gasteiger partial charge in [0.2, 0.25) is 5.91 Å². The molecule has 0 aromatic heterocycles. The highest BCUT2D eigenvalue weighted by molar-refractivity contribution is 8.32. The Morgan fingerprint density at radius 3 is 2.43 bits per heavy atom. The first kappa shape index (κ1) is 21.7. The summed E-state index contributed by atoms with van der Waals surface area (Å²) in [5.41, 5.74) is 1.51. The molecule has 1 aromatic carbocycles. The van der Waals surface area contributed by atoms with Crippen LogP contribution in [0.2, 0.25) is 0 Å². The number of thiocarbonyl (C=S) groups is 1. The van der Waals surface area contributed by atoms with Gasteiger partial charge < -0.3 is 15.1 Å². The molecule has 1 aromatic rings. The van der Waals surface area contributed by atoms with Crippen molar-refractivity contribution in [2.45, 2.75) is 13.3 Å². The molecule has 0 fully saturated rings. The van der Waals surface area contributed by atoms with Gasteiger partial charge in [-0.15, -0.1) is 12.4 Å². The average molecular weight is 375 g/mol. The van der Waals surface area contributed by atoms with Crippen LogP contribution in [0.3, 0.4) is 0 Å². The molecule has 0 radical (unpaired) electrons. The highest BCUT2D eigenvalue weighted by Gasteiger charge is 2.10. The molecule has 1 N–H and O–H groups in total. The first-order valence-corrected chi connectivity index (χ1v) is 8.11. The van der Waals surface area contributed by atoms with Gasteiger partial charge in [0.1, 0.15) is 4.32 Å². The minimum absolute atomic E-state index is 0. The van der Waals surface area contributed by atoms with E-state index in [0.717, 1.165) is 20.9 Å². The number of carbonyl (C=O) groups excluding carboxylic acids is 1. The van der Waals surface area contributed by atoms with Crippen LogP contribution in [0.4, 0.5) is 11.4 Å². The molecule has 0 atom stereocenters. The minimum Gasteiger partial charge on any atom is -0.363 e. The van der Waals surface area contributed by atoms with E-state index in [1.807, 2.05) is 69.2 Å². The zero-order valence-electron chi connectivity index (χ0n) is 14.0. The molecule has 0 heterocycles. The van der Waals surface area contributed by atoms with E-state index >= 15 is 0 Å². The Balaban J connectivity index is 0.00000484. The molecule has 8 heteroatoms. The van der Waals surface area contributed by atoms with Crippen LogP contribution in [0.15, 0.2) is 29.3 Å². The SMILES string of the molecule is CCC(=O)Nc1cccc(N=C(SC(=S)N(C)C)N(C)C)c1.Cl. The summed E-state index contributed by atoms with van der Waals surface area (Å²) in [5.74, 6) is -0.0166. The zero-order valence-corrected chi connectivity index (χ0v) is 16.4. The van der Waals surface area contributed by atoms with Crippen molar-refractivity contribution in [3.8, 4) is 0 Å². The van der Waals surface area contributed by atoms with Crippen molar-refractivity contribution < 1.29 is 4.79 Å². The Hall–Kier alpha value is -1.31. The molecular formula is C15H23ClN4OS2. The van der Waals surface area contributed by atoms with E-state index < -0.39 is 0 Å². The van der Waals surface area contributed by atoms with Crippen LogP contribution < -0.4 is 5.32 Å². The third-order valence-corrected chi connectivity index (χ3v) is 4.40. The van der Waals surface area contributed by atoms with Crippen molar-refractivity contribution in [2.75, 3.05) is 33.5 Å². The van der Waals surface area contributed by atoms with E-state index in [-0.39, 0.29) is 18.3 Å². The number of nitrogens with zero attached hydrogens (tertiary/aromatic N) is 3. The maximum Gasteiger partial charge on any atom is 0.224 e. The van der Waals surface area contributed by atoms with Crippen LogP contribution in [0.25, 0.3) is 0 Å². The Kier molecular flexibility index (Phi) is 9.87. The van der Waals surface area contributed by atoms with Crippen molar-refractivity contribution in [3.63, 3.8) is 0 Å². The van der Waals surface area contributed by atoms with E-state index in [1.54, 1.807) is 0 Å². The number of carbonyl (C=O) groups is 1. The van der Waals surface area contributed by atoms with E-state index in [4.69, 9.17) is 12.2 Å². The molecule has 1 amide bonds. The molecule has 128 valence electrons. The standard InChI is InChI=1S/C15H22N4OS2.ClH/c1-6-13(20)16-11-8-7-9-12(10-11)17-14(18(2)3)22-15(21)19(4)5;/h7-10H,6H2,1-5H3,(H,16,20);1H.